The number of aliphatic hydroxyl groups is 1. The van der Waals surface area contributed by atoms with Crippen molar-refractivity contribution in [2.24, 2.45) is 0 Å². The Bertz CT molecular complexity index is 2080. The number of allylic oxidation sites excluding steroid dienone is 38. The molecule has 0 aliphatic carbocycles. The van der Waals surface area contributed by atoms with Crippen LogP contribution in [0.15, 0.2) is 231 Å². The van der Waals surface area contributed by atoms with Crippen LogP contribution in [0.5, 0.6) is 0 Å². The molecule has 84 heavy (non-hydrogen) atoms. The zero-order valence-electron chi connectivity index (χ0n) is 53.1. The van der Waals surface area contributed by atoms with Gasteiger partial charge in [-0.25, -0.2) is 0 Å². The molecule has 0 aromatic carbocycles. The number of esters is 2. The highest BCUT2D eigenvalue weighted by Gasteiger charge is 2.16. The van der Waals surface area contributed by atoms with Crippen molar-refractivity contribution in [1.29, 1.82) is 0 Å². The zero-order valence-corrected chi connectivity index (χ0v) is 53.1. The van der Waals surface area contributed by atoms with E-state index in [9.17, 15) is 14.7 Å². The molecule has 0 spiro atoms. The first-order valence-corrected chi connectivity index (χ1v) is 32.9. The molecule has 1 N–H and O–H groups in total. The monoisotopic (exact) mass is 1150 g/mol. The van der Waals surface area contributed by atoms with E-state index in [1.807, 2.05) is 0 Å². The minimum absolute atomic E-state index is 0.0987. The summed E-state index contributed by atoms with van der Waals surface area (Å²) in [5, 5.41) is 9.68. The number of hydrogen-bond donors (Lipinski definition) is 1. The van der Waals surface area contributed by atoms with Crippen LogP contribution in [0.3, 0.4) is 0 Å². The van der Waals surface area contributed by atoms with Crippen LogP contribution < -0.4 is 0 Å². The topological polar surface area (TPSA) is 72.8 Å². The molecular formula is C79H118O5. The lowest BCUT2D eigenvalue weighted by Gasteiger charge is -2.15. The summed E-state index contributed by atoms with van der Waals surface area (Å²) < 4.78 is 10.7. The van der Waals surface area contributed by atoms with Gasteiger partial charge in [-0.1, -0.05) is 290 Å². The Morgan fingerprint density at radius 1 is 0.274 bits per heavy atom. The molecule has 1 unspecified atom stereocenters. The predicted octanol–water partition coefficient (Wildman–Crippen LogP) is 23.3. The Morgan fingerprint density at radius 2 is 0.476 bits per heavy atom. The fourth-order valence-corrected chi connectivity index (χ4v) is 8.10. The van der Waals surface area contributed by atoms with Crippen LogP contribution in [0.25, 0.3) is 0 Å². The van der Waals surface area contributed by atoms with Gasteiger partial charge in [0.2, 0.25) is 0 Å². The SMILES string of the molecule is CC/C=C\C/C=C\C/C=C\C/C=C\C/C=C\C/C=C\C/C=C\C/C=C\C/C=C\C/C=C\C/C=C\C/C=C\CCCCCCC(=O)OC(CO)COC(=O)CCCCCCCCC/C=C\C/C=C\C/C=C\C/C=C\C/C=C\C/C=C\C/C=C\CC. The molecule has 0 rings (SSSR count). The second-order valence-corrected chi connectivity index (χ2v) is 20.7. The van der Waals surface area contributed by atoms with Crippen LogP contribution >= 0.6 is 0 Å². The molecule has 0 saturated carbocycles. The Kier molecular flexibility index (Phi) is 66.1. The average molecular weight is 1150 g/mol. The number of rotatable bonds is 57. The Labute approximate surface area is 515 Å². The van der Waals surface area contributed by atoms with Gasteiger partial charge in [0.05, 0.1) is 6.61 Å². The number of aliphatic hydroxyl groups excluding tert-OH is 1. The molecule has 0 bridgehead atoms. The van der Waals surface area contributed by atoms with Gasteiger partial charge in [0, 0.05) is 12.8 Å². The Morgan fingerprint density at radius 3 is 0.714 bits per heavy atom. The molecular weight excluding hydrogens is 1030 g/mol. The molecule has 5 nitrogen and oxygen atoms in total. The number of hydrogen-bond acceptors (Lipinski definition) is 5. The second kappa shape index (κ2) is 71.2. The summed E-state index contributed by atoms with van der Waals surface area (Å²) >= 11 is 0. The van der Waals surface area contributed by atoms with Gasteiger partial charge in [0.25, 0.3) is 0 Å². The van der Waals surface area contributed by atoms with Crippen molar-refractivity contribution in [1.82, 2.24) is 0 Å². The first kappa shape index (κ1) is 78.0. The minimum atomic E-state index is -0.811. The minimum Gasteiger partial charge on any atom is -0.462 e. The summed E-state index contributed by atoms with van der Waals surface area (Å²) in [6.07, 6.45) is 117. The van der Waals surface area contributed by atoms with Crippen LogP contribution in [0.2, 0.25) is 0 Å². The third-order valence-electron chi connectivity index (χ3n) is 13.0. The zero-order chi connectivity index (χ0) is 60.5. The lowest BCUT2D eigenvalue weighted by atomic mass is 10.1. The van der Waals surface area contributed by atoms with Crippen molar-refractivity contribution in [2.45, 2.75) is 238 Å². The molecule has 0 heterocycles. The van der Waals surface area contributed by atoms with Crippen LogP contribution in [-0.4, -0.2) is 36.4 Å². The smallest absolute Gasteiger partial charge is 0.306 e. The van der Waals surface area contributed by atoms with E-state index < -0.39 is 6.10 Å². The number of ether oxygens (including phenoxy) is 2. The van der Waals surface area contributed by atoms with Gasteiger partial charge < -0.3 is 14.6 Å². The van der Waals surface area contributed by atoms with Gasteiger partial charge in [0.1, 0.15) is 6.61 Å². The van der Waals surface area contributed by atoms with Crippen LogP contribution in [0.4, 0.5) is 0 Å². The summed E-state index contributed by atoms with van der Waals surface area (Å²) in [6, 6.07) is 0. The maximum atomic E-state index is 12.3. The summed E-state index contributed by atoms with van der Waals surface area (Å²) in [6.45, 7) is 3.86. The van der Waals surface area contributed by atoms with E-state index in [4.69, 9.17) is 9.47 Å². The van der Waals surface area contributed by atoms with Crippen LogP contribution in [0.1, 0.15) is 232 Å². The molecule has 0 radical (unpaired) electrons. The predicted molar refractivity (Wildman–Crippen MR) is 370 cm³/mol. The molecule has 0 saturated heterocycles. The summed E-state index contributed by atoms with van der Waals surface area (Å²) in [5.74, 6) is -0.652. The fraction of sp³-hybridized carbons (Fsp3) is 0.494. The summed E-state index contributed by atoms with van der Waals surface area (Å²) in [5.41, 5.74) is 0. The molecule has 0 aliphatic heterocycles. The largest absolute Gasteiger partial charge is 0.462 e. The van der Waals surface area contributed by atoms with E-state index in [0.29, 0.717) is 12.8 Å². The molecule has 0 amide bonds. The van der Waals surface area contributed by atoms with Gasteiger partial charge in [0.15, 0.2) is 6.10 Å². The summed E-state index contributed by atoms with van der Waals surface area (Å²) in [7, 11) is 0. The lowest BCUT2D eigenvalue weighted by molar-refractivity contribution is -0.161. The van der Waals surface area contributed by atoms with Crippen molar-refractivity contribution in [2.75, 3.05) is 13.2 Å². The standard InChI is InChI=1S/C79H118O5/c1-3-5-7-9-11-13-15-17-19-21-23-25-27-29-31-33-34-35-36-37-38-39-40-41-42-43-44-46-48-50-52-54-56-58-60-62-64-66-68-70-72-74-79(82)84-77(75-80)76-83-78(81)73-71-69-67-65-63-61-59-57-55-53-51-49-47-45-32-30-28-26-24-22-20-18-16-14-12-10-8-6-4-2/h5-8,11-14,17-20,23-26,29-32,34-35,37-38,40-41,43-44,47-50,53-56,60,62,77,80H,3-4,9-10,15-16,21-22,27-28,33,36,39,42,45-46,51-52,57-59,61,63-76H2,1-2H3/b7-5-,8-6-,13-11-,14-12-,19-17-,20-18-,25-23-,26-24-,31-29-,32-30-,35-34-,38-37-,41-40-,44-43-,49-47-,50-48-,55-53-,56-54-,62-60-. The van der Waals surface area contributed by atoms with E-state index in [0.717, 1.165) is 180 Å². The van der Waals surface area contributed by atoms with Crippen molar-refractivity contribution in [3.63, 3.8) is 0 Å². The fourth-order valence-electron chi connectivity index (χ4n) is 8.10. The van der Waals surface area contributed by atoms with E-state index >= 15 is 0 Å². The molecule has 1 atom stereocenters. The second-order valence-electron chi connectivity index (χ2n) is 20.7. The first-order valence-electron chi connectivity index (χ1n) is 32.9. The van der Waals surface area contributed by atoms with Crippen LogP contribution in [-0.2, 0) is 19.1 Å². The number of unbranched alkanes of at least 4 members (excludes halogenated alkanes) is 11. The van der Waals surface area contributed by atoms with Crippen molar-refractivity contribution >= 4 is 11.9 Å². The number of carbonyl (C=O) groups is 2. The maximum Gasteiger partial charge on any atom is 0.306 e. The van der Waals surface area contributed by atoms with Gasteiger partial charge in [-0.2, -0.15) is 0 Å². The highest BCUT2D eigenvalue weighted by atomic mass is 16.6. The maximum absolute atomic E-state index is 12.3. The van der Waals surface area contributed by atoms with E-state index in [1.54, 1.807) is 0 Å². The molecule has 0 aromatic heterocycles. The van der Waals surface area contributed by atoms with E-state index in [2.05, 4.69) is 245 Å². The third kappa shape index (κ3) is 68.5. The average Bonchev–Trinajstić information content (AvgIpc) is 3.51. The highest BCUT2D eigenvalue weighted by molar-refractivity contribution is 5.70. The molecule has 464 valence electrons. The lowest BCUT2D eigenvalue weighted by Crippen LogP contribution is -2.28. The van der Waals surface area contributed by atoms with Gasteiger partial charge in [-0.05, 0) is 161 Å². The van der Waals surface area contributed by atoms with Crippen LogP contribution in [0, 0.1) is 0 Å². The quantitative estimate of drug-likeness (QED) is 0.0373. The first-order chi connectivity index (χ1) is 41.6. The van der Waals surface area contributed by atoms with Gasteiger partial charge in [-0.3, -0.25) is 9.59 Å². The van der Waals surface area contributed by atoms with Gasteiger partial charge in [-0.15, -0.1) is 0 Å². The van der Waals surface area contributed by atoms with E-state index in [1.165, 1.54) is 25.7 Å². The third-order valence-corrected chi connectivity index (χ3v) is 13.0. The van der Waals surface area contributed by atoms with E-state index in [-0.39, 0.29) is 25.2 Å². The number of carbonyl (C=O) groups excluding carboxylic acids is 2. The molecule has 5 heteroatoms. The van der Waals surface area contributed by atoms with Crippen molar-refractivity contribution in [3.05, 3.63) is 231 Å². The molecule has 0 aliphatic rings. The van der Waals surface area contributed by atoms with Crippen molar-refractivity contribution < 1.29 is 24.2 Å². The van der Waals surface area contributed by atoms with Crippen molar-refractivity contribution in [3.8, 4) is 0 Å². The highest BCUT2D eigenvalue weighted by Crippen LogP contribution is 2.12. The van der Waals surface area contributed by atoms with Gasteiger partial charge >= 0.3 is 11.9 Å². The normalized spacial score (nSPS) is 13.8. The molecule has 0 fully saturated rings. The summed E-state index contributed by atoms with van der Waals surface area (Å²) in [4.78, 5) is 24.6. The Hall–Kier alpha value is -6.04. The Balaban J connectivity index is 3.70. The molecule has 0 aromatic rings.